The highest BCUT2D eigenvalue weighted by atomic mass is 79.9. The lowest BCUT2D eigenvalue weighted by Crippen LogP contribution is -2.24. The van der Waals surface area contributed by atoms with Gasteiger partial charge in [0, 0.05) is 22.2 Å². The number of rotatable bonds is 5. The summed E-state index contributed by atoms with van der Waals surface area (Å²) >= 11 is 6.29. The molecule has 2 heterocycles. The third-order valence-electron chi connectivity index (χ3n) is 4.18. The number of aromatic nitrogens is 2. The molecule has 0 atom stereocenters. The average Bonchev–Trinajstić information content (AvgIpc) is 3.17. The van der Waals surface area contributed by atoms with Gasteiger partial charge in [0.1, 0.15) is 0 Å². The van der Waals surface area contributed by atoms with E-state index in [4.69, 9.17) is 4.98 Å². The fraction of sp³-hybridized carbons (Fsp3) is 0.150. The van der Waals surface area contributed by atoms with Crippen molar-refractivity contribution < 1.29 is 4.79 Å². The highest BCUT2D eigenvalue weighted by Gasteiger charge is 2.23. The summed E-state index contributed by atoms with van der Waals surface area (Å²) in [6, 6.07) is 16.7. The van der Waals surface area contributed by atoms with Crippen molar-refractivity contribution >= 4 is 45.2 Å². The van der Waals surface area contributed by atoms with E-state index in [1.165, 1.54) is 11.8 Å². The molecular formula is C20H15BrN2O2S2. The van der Waals surface area contributed by atoms with Crippen LogP contribution in [0.3, 0.4) is 0 Å². The minimum atomic E-state index is -0.0560. The van der Waals surface area contributed by atoms with Gasteiger partial charge in [-0.15, -0.1) is 11.8 Å². The Morgan fingerprint density at radius 2 is 1.89 bits per heavy atom. The molecule has 0 fully saturated rings. The first kappa shape index (κ1) is 18.5. The van der Waals surface area contributed by atoms with Crippen LogP contribution in [0.1, 0.15) is 16.1 Å². The van der Waals surface area contributed by atoms with Gasteiger partial charge in [-0.05, 0) is 24.3 Å². The Balaban J connectivity index is 1.71. The molecule has 1 aliphatic heterocycles. The van der Waals surface area contributed by atoms with Crippen LogP contribution in [0.4, 0.5) is 0 Å². The third-order valence-corrected chi connectivity index (χ3v) is 6.75. The number of nitrogens with zero attached hydrogens (tertiary/aromatic N) is 2. The Bertz CT molecular complexity index is 1050. The summed E-state index contributed by atoms with van der Waals surface area (Å²) in [4.78, 5) is 31.0. The van der Waals surface area contributed by atoms with Gasteiger partial charge in [-0.1, -0.05) is 58.0 Å². The summed E-state index contributed by atoms with van der Waals surface area (Å²) in [6.45, 7) is 0. The van der Waals surface area contributed by atoms with E-state index in [1.54, 1.807) is 28.5 Å². The molecule has 7 heteroatoms. The molecule has 0 amide bonds. The minimum absolute atomic E-state index is 0.0204. The lowest BCUT2D eigenvalue weighted by atomic mass is 10.2. The molecule has 0 radical (unpaired) electrons. The Morgan fingerprint density at radius 1 is 1.15 bits per heavy atom. The first-order chi connectivity index (χ1) is 13.1. The van der Waals surface area contributed by atoms with Crippen LogP contribution in [0.5, 0.6) is 0 Å². The van der Waals surface area contributed by atoms with Gasteiger partial charge in [-0.3, -0.25) is 14.2 Å². The second-order valence-electron chi connectivity index (χ2n) is 5.96. The number of carbonyl (C=O) groups excluding carboxylic acids is 1. The van der Waals surface area contributed by atoms with Gasteiger partial charge in [0.15, 0.2) is 10.9 Å². The van der Waals surface area contributed by atoms with Crippen molar-refractivity contribution in [1.82, 2.24) is 9.55 Å². The number of halogens is 1. The molecule has 1 aromatic heterocycles. The summed E-state index contributed by atoms with van der Waals surface area (Å²) in [7, 11) is 0. The van der Waals surface area contributed by atoms with Gasteiger partial charge in [0.25, 0.3) is 5.56 Å². The molecule has 136 valence electrons. The van der Waals surface area contributed by atoms with Crippen LogP contribution in [-0.4, -0.2) is 26.8 Å². The maximum atomic E-state index is 13.1. The normalized spacial score (nSPS) is 12.8. The van der Waals surface area contributed by atoms with Crippen molar-refractivity contribution in [3.05, 3.63) is 80.7 Å². The van der Waals surface area contributed by atoms with E-state index in [-0.39, 0.29) is 17.1 Å². The highest BCUT2D eigenvalue weighted by molar-refractivity contribution is 9.10. The molecule has 4 rings (SSSR count). The number of hydrogen-bond donors (Lipinski definition) is 0. The molecule has 3 aromatic rings. The minimum Gasteiger partial charge on any atom is -0.293 e. The number of thioether (sulfide) groups is 2. The van der Waals surface area contributed by atoms with Gasteiger partial charge in [0.2, 0.25) is 0 Å². The van der Waals surface area contributed by atoms with Crippen LogP contribution in [-0.2, 0) is 6.42 Å². The average molecular weight is 459 g/mol. The zero-order chi connectivity index (χ0) is 18.8. The Kier molecular flexibility index (Phi) is 5.52. The zero-order valence-electron chi connectivity index (χ0n) is 14.2. The van der Waals surface area contributed by atoms with Gasteiger partial charge in [0.05, 0.1) is 22.0 Å². The van der Waals surface area contributed by atoms with E-state index >= 15 is 0 Å². The van der Waals surface area contributed by atoms with Gasteiger partial charge in [-0.25, -0.2) is 4.98 Å². The van der Waals surface area contributed by atoms with Gasteiger partial charge >= 0.3 is 0 Å². The van der Waals surface area contributed by atoms with Crippen LogP contribution in [0.2, 0.25) is 0 Å². The molecule has 1 aliphatic rings. The van der Waals surface area contributed by atoms with E-state index in [1.807, 2.05) is 42.5 Å². The van der Waals surface area contributed by atoms with E-state index in [0.717, 1.165) is 32.9 Å². The molecule has 0 spiro atoms. The number of ketones is 1. The highest BCUT2D eigenvalue weighted by Crippen LogP contribution is 2.30. The maximum Gasteiger partial charge on any atom is 0.272 e. The lowest BCUT2D eigenvalue weighted by Gasteiger charge is -2.13. The number of Topliss-reactive ketones (excluding diaryl/α,β-unsaturated/α-hetero) is 1. The van der Waals surface area contributed by atoms with Crippen LogP contribution in [0.25, 0.3) is 5.69 Å². The summed E-state index contributed by atoms with van der Waals surface area (Å²) in [5.41, 5.74) is 2.20. The van der Waals surface area contributed by atoms with Crippen molar-refractivity contribution in [1.29, 1.82) is 0 Å². The lowest BCUT2D eigenvalue weighted by molar-refractivity contribution is 0.102. The molecule has 0 N–H and O–H groups in total. The molecule has 0 aliphatic carbocycles. The van der Waals surface area contributed by atoms with Crippen LogP contribution in [0, 0.1) is 0 Å². The second-order valence-corrected chi connectivity index (χ2v) is 8.93. The number of benzene rings is 2. The maximum absolute atomic E-state index is 13.1. The molecule has 0 saturated carbocycles. The molecule has 0 unspecified atom stereocenters. The summed E-state index contributed by atoms with van der Waals surface area (Å²) in [5.74, 6) is 1.13. The molecule has 2 aromatic carbocycles. The smallest absolute Gasteiger partial charge is 0.272 e. The Hall–Kier alpha value is -1.83. The van der Waals surface area contributed by atoms with Crippen molar-refractivity contribution in [3.63, 3.8) is 0 Å². The number of hydrogen-bond acceptors (Lipinski definition) is 5. The van der Waals surface area contributed by atoms with E-state index in [2.05, 4.69) is 15.9 Å². The fourth-order valence-electron chi connectivity index (χ4n) is 2.84. The summed E-state index contributed by atoms with van der Waals surface area (Å²) in [6.07, 6.45) is 0.788. The number of aryl methyl sites for hydroxylation is 1. The number of carbonyl (C=O) groups is 1. The van der Waals surface area contributed by atoms with Crippen molar-refractivity contribution in [2.75, 3.05) is 11.5 Å². The van der Waals surface area contributed by atoms with Crippen LogP contribution >= 0.6 is 39.5 Å². The summed E-state index contributed by atoms with van der Waals surface area (Å²) < 4.78 is 2.56. The zero-order valence-corrected chi connectivity index (χ0v) is 17.4. The predicted molar refractivity (Wildman–Crippen MR) is 113 cm³/mol. The van der Waals surface area contributed by atoms with Crippen LogP contribution in [0.15, 0.2) is 73.9 Å². The van der Waals surface area contributed by atoms with Gasteiger partial charge in [-0.2, -0.15) is 0 Å². The first-order valence-corrected chi connectivity index (χ1v) is 11.2. The third kappa shape index (κ3) is 3.90. The van der Waals surface area contributed by atoms with Gasteiger partial charge < -0.3 is 0 Å². The first-order valence-electron chi connectivity index (χ1n) is 8.39. The van der Waals surface area contributed by atoms with Crippen molar-refractivity contribution in [3.8, 4) is 5.69 Å². The SMILES string of the molecule is O=C(CSc1nc2c(c(=O)n1-c1ccc(Br)cc1)SCC2)c1ccccc1. The van der Waals surface area contributed by atoms with Crippen LogP contribution < -0.4 is 5.56 Å². The molecule has 27 heavy (non-hydrogen) atoms. The van der Waals surface area contributed by atoms with E-state index < -0.39 is 0 Å². The van der Waals surface area contributed by atoms with Crippen molar-refractivity contribution in [2.24, 2.45) is 0 Å². The molecule has 4 nitrogen and oxygen atoms in total. The fourth-order valence-corrected chi connectivity index (χ4v) is 5.06. The summed E-state index contributed by atoms with van der Waals surface area (Å²) in [5, 5.41) is 0.563. The van der Waals surface area contributed by atoms with E-state index in [9.17, 15) is 9.59 Å². The Morgan fingerprint density at radius 3 is 2.63 bits per heavy atom. The molecule has 0 saturated heterocycles. The number of fused-ring (bicyclic) bond motifs is 1. The monoisotopic (exact) mass is 458 g/mol. The largest absolute Gasteiger partial charge is 0.293 e. The van der Waals surface area contributed by atoms with Crippen molar-refractivity contribution in [2.45, 2.75) is 16.5 Å². The quantitative estimate of drug-likeness (QED) is 0.317. The standard InChI is InChI=1S/C20H15BrN2O2S2/c21-14-6-8-15(9-7-14)23-19(25)18-16(10-11-26-18)22-20(23)27-12-17(24)13-4-2-1-3-5-13/h1-9H,10-12H2. The molecular weight excluding hydrogens is 444 g/mol. The topological polar surface area (TPSA) is 52.0 Å². The molecule has 0 bridgehead atoms. The Labute approximate surface area is 173 Å². The second kappa shape index (κ2) is 8.04. The van der Waals surface area contributed by atoms with E-state index in [0.29, 0.717) is 10.7 Å². The predicted octanol–water partition coefficient (Wildman–Crippen LogP) is 4.62.